The fraction of sp³-hybridized carbons (Fsp3) is 0.177. The van der Waals surface area contributed by atoms with Crippen LogP contribution in [0.4, 0.5) is 0 Å². The van der Waals surface area contributed by atoms with Crippen molar-refractivity contribution in [1.29, 1.82) is 0 Å². The van der Waals surface area contributed by atoms with Crippen LogP contribution in [0.5, 0.6) is 0 Å². The van der Waals surface area contributed by atoms with E-state index in [9.17, 15) is 0 Å². The van der Waals surface area contributed by atoms with Gasteiger partial charge in [-0.2, -0.15) is 0 Å². The number of fused-ring (bicyclic) bond motifs is 16. The first-order valence-electron chi connectivity index (χ1n) is 24.6. The van der Waals surface area contributed by atoms with Gasteiger partial charge in [-0.3, -0.25) is 0 Å². The molecule has 2 aliphatic rings. The Morgan fingerprint density at radius 3 is 1.38 bits per heavy atom. The Kier molecular flexibility index (Phi) is 8.19. The minimum atomic E-state index is -0.219. The number of benzene rings is 8. The summed E-state index contributed by atoms with van der Waals surface area (Å²) in [4.78, 5) is 16.9. The number of hydrogen-bond donors (Lipinski definition) is 0. The molecule has 0 saturated heterocycles. The number of rotatable bonds is 5. The molecule has 0 N–H and O–H groups in total. The highest BCUT2D eigenvalue weighted by atomic mass is 16.3. The minimum absolute atomic E-state index is 0.219. The van der Waals surface area contributed by atoms with E-state index in [0.717, 1.165) is 135 Å². The average molecular weight is 894 g/mol. The van der Waals surface area contributed by atoms with E-state index in [-0.39, 0.29) is 5.41 Å². The second-order valence-electron chi connectivity index (χ2n) is 20.4. The van der Waals surface area contributed by atoms with E-state index in [0.29, 0.717) is 23.5 Å². The molecule has 69 heavy (non-hydrogen) atoms. The molecule has 15 rings (SSSR count). The third kappa shape index (κ3) is 5.70. The maximum absolute atomic E-state index is 6.71. The molecule has 2 saturated carbocycles. The smallest absolute Gasteiger partial charge is 0.165 e. The molecule has 0 radical (unpaired) electrons. The zero-order valence-corrected chi connectivity index (χ0v) is 38.5. The second-order valence-corrected chi connectivity index (χ2v) is 20.4. The fourth-order valence-corrected chi connectivity index (χ4v) is 13.4. The second kappa shape index (κ2) is 14.5. The molecule has 4 atom stereocenters. The van der Waals surface area contributed by atoms with Gasteiger partial charge in [0.1, 0.15) is 28.2 Å². The summed E-state index contributed by atoms with van der Waals surface area (Å²) in [7, 11) is 0. The van der Waals surface area contributed by atoms with Crippen molar-refractivity contribution in [3.63, 3.8) is 0 Å². The Balaban J connectivity index is 0.980. The lowest BCUT2D eigenvalue weighted by molar-refractivity contribution is 0.0857. The lowest BCUT2D eigenvalue weighted by atomic mass is 9.59. The number of furan rings is 2. The molecule has 5 aromatic heterocycles. The average Bonchev–Trinajstić information content (AvgIpc) is 4.13. The largest absolute Gasteiger partial charge is 0.455 e. The van der Waals surface area contributed by atoms with Crippen molar-refractivity contribution < 1.29 is 8.83 Å². The van der Waals surface area contributed by atoms with Crippen LogP contribution >= 0.6 is 0 Å². The van der Waals surface area contributed by atoms with Crippen LogP contribution in [-0.4, -0.2) is 24.1 Å². The van der Waals surface area contributed by atoms with Crippen molar-refractivity contribution in [2.45, 2.75) is 51.4 Å². The SMILES string of the molecule is C[C@H]1CC2C[C@H](C1)CC(C)(c1nc(-c3ccccc3-n3c4ccccc4c4c5oc6ccccc6c5ccc43)nc(-c3ccccc3-n3c4ccccc4c4c5oc6ccccc6c5ccc43)n1)C2. The van der Waals surface area contributed by atoms with Crippen LogP contribution in [-0.2, 0) is 5.41 Å². The van der Waals surface area contributed by atoms with Crippen molar-refractivity contribution in [1.82, 2.24) is 24.1 Å². The Bertz CT molecular complexity index is 3990. The third-order valence-electron chi connectivity index (χ3n) is 15.9. The van der Waals surface area contributed by atoms with Gasteiger partial charge in [0.15, 0.2) is 11.6 Å². The van der Waals surface area contributed by atoms with E-state index in [1.54, 1.807) is 0 Å². The van der Waals surface area contributed by atoms with E-state index in [2.05, 4.69) is 181 Å². The normalized spacial score (nSPS) is 19.7. The number of para-hydroxylation sites is 6. The Labute approximate surface area is 397 Å². The third-order valence-corrected chi connectivity index (χ3v) is 15.9. The van der Waals surface area contributed by atoms with E-state index in [1.807, 2.05) is 12.1 Å². The van der Waals surface area contributed by atoms with E-state index < -0.39 is 0 Å². The van der Waals surface area contributed by atoms with Crippen molar-refractivity contribution in [3.05, 3.63) is 176 Å². The van der Waals surface area contributed by atoms with E-state index in [1.165, 1.54) is 19.3 Å². The van der Waals surface area contributed by atoms with E-state index >= 15 is 0 Å². The highest BCUT2D eigenvalue weighted by Crippen LogP contribution is 2.52. The Morgan fingerprint density at radius 1 is 0.435 bits per heavy atom. The number of aromatic nitrogens is 5. The molecule has 332 valence electrons. The van der Waals surface area contributed by atoms with Crippen LogP contribution in [0.25, 0.3) is 122 Å². The summed E-state index contributed by atoms with van der Waals surface area (Å²) >= 11 is 0. The standard InChI is InChI=1S/C62H47N5O2/c1-36-31-37-33-38(32-36)35-62(2,34-37)61-64-59(45-19-5-11-23-49(45)66-47-21-9-3-17-43(47)55-51(66)29-27-41-39-15-7-13-25-53(39)68-57(41)55)63-60(65-61)46-20-6-12-24-50(46)67-48-22-10-4-18-44(48)56-52(67)30-28-42-40-16-8-14-26-54(40)69-58(42)56/h3-30,36-38H,31-35H2,1-2H3/t36-,37+,38?,62?/m1/s1. The van der Waals surface area contributed by atoms with Crippen LogP contribution in [0.1, 0.15) is 51.8 Å². The van der Waals surface area contributed by atoms with Gasteiger partial charge in [0.05, 0.1) is 44.2 Å². The van der Waals surface area contributed by atoms with Gasteiger partial charge in [-0.1, -0.05) is 111 Å². The maximum Gasteiger partial charge on any atom is 0.165 e. The molecule has 2 aliphatic carbocycles. The molecule has 13 aromatic rings. The summed E-state index contributed by atoms with van der Waals surface area (Å²) < 4.78 is 18.2. The van der Waals surface area contributed by atoms with Crippen molar-refractivity contribution in [2.75, 3.05) is 0 Å². The molecule has 5 heterocycles. The zero-order chi connectivity index (χ0) is 45.5. The summed E-state index contributed by atoms with van der Waals surface area (Å²) in [5.74, 6) is 4.29. The molecule has 8 aromatic carbocycles. The number of hydrogen-bond acceptors (Lipinski definition) is 5. The topological polar surface area (TPSA) is 74.8 Å². The lowest BCUT2D eigenvalue weighted by Crippen LogP contribution is -2.40. The first-order valence-corrected chi connectivity index (χ1v) is 24.6. The number of nitrogens with zero attached hydrogens (tertiary/aromatic N) is 5. The van der Waals surface area contributed by atoms with Gasteiger partial charge in [-0.25, -0.2) is 15.0 Å². The minimum Gasteiger partial charge on any atom is -0.455 e. The molecule has 2 bridgehead atoms. The highest BCUT2D eigenvalue weighted by molar-refractivity contribution is 6.25. The summed E-state index contributed by atoms with van der Waals surface area (Å²) in [6.07, 6.45) is 5.97. The van der Waals surface area contributed by atoms with Crippen LogP contribution in [0.15, 0.2) is 179 Å². The fourth-order valence-electron chi connectivity index (χ4n) is 13.4. The molecule has 7 heteroatoms. The zero-order valence-electron chi connectivity index (χ0n) is 38.5. The van der Waals surface area contributed by atoms with Crippen LogP contribution in [0.3, 0.4) is 0 Å². The monoisotopic (exact) mass is 893 g/mol. The maximum atomic E-state index is 6.71. The lowest BCUT2D eigenvalue weighted by Gasteiger charge is -2.46. The van der Waals surface area contributed by atoms with Gasteiger partial charge >= 0.3 is 0 Å². The molecule has 2 unspecified atom stereocenters. The van der Waals surface area contributed by atoms with E-state index in [4.69, 9.17) is 23.8 Å². The summed E-state index contributed by atoms with van der Waals surface area (Å²) in [5, 5.41) is 8.95. The van der Waals surface area contributed by atoms with Gasteiger partial charge in [0.2, 0.25) is 0 Å². The van der Waals surface area contributed by atoms with Gasteiger partial charge in [-0.15, -0.1) is 0 Å². The first-order chi connectivity index (χ1) is 34.0. The molecule has 0 amide bonds. The Morgan fingerprint density at radius 2 is 0.870 bits per heavy atom. The van der Waals surface area contributed by atoms with Crippen molar-refractivity contribution in [3.8, 4) is 34.2 Å². The quantitative estimate of drug-likeness (QED) is 0.172. The Hall–Kier alpha value is -8.03. The van der Waals surface area contributed by atoms with Crippen LogP contribution in [0, 0.1) is 17.8 Å². The summed E-state index contributed by atoms with van der Waals surface area (Å²) in [6.45, 7) is 4.87. The molecule has 0 aliphatic heterocycles. The van der Waals surface area contributed by atoms with Gasteiger partial charge < -0.3 is 18.0 Å². The predicted octanol–water partition coefficient (Wildman–Crippen LogP) is 16.3. The highest BCUT2D eigenvalue weighted by Gasteiger charge is 2.44. The van der Waals surface area contributed by atoms with Crippen molar-refractivity contribution >= 4 is 87.5 Å². The van der Waals surface area contributed by atoms with Gasteiger partial charge in [-0.05, 0) is 123 Å². The van der Waals surface area contributed by atoms with Crippen LogP contribution in [0.2, 0.25) is 0 Å². The van der Waals surface area contributed by atoms with Gasteiger partial charge in [0, 0.05) is 48.9 Å². The molecule has 0 spiro atoms. The predicted molar refractivity (Wildman–Crippen MR) is 281 cm³/mol. The first kappa shape index (κ1) is 39.0. The van der Waals surface area contributed by atoms with Gasteiger partial charge in [0.25, 0.3) is 0 Å². The van der Waals surface area contributed by atoms with Crippen molar-refractivity contribution in [2.24, 2.45) is 17.8 Å². The molecule has 7 nitrogen and oxygen atoms in total. The molecule has 2 fully saturated rings. The summed E-state index contributed by atoms with van der Waals surface area (Å²) in [5.41, 5.74) is 11.6. The molecular formula is C62H47N5O2. The van der Waals surface area contributed by atoms with Crippen LogP contribution < -0.4 is 0 Å². The molecular weight excluding hydrogens is 847 g/mol. The summed E-state index contributed by atoms with van der Waals surface area (Å²) in [6, 6.07) is 60.3.